The molecule has 4 N–H and O–H groups in total. The zero-order valence-corrected chi connectivity index (χ0v) is 23.5. The van der Waals surface area contributed by atoms with Gasteiger partial charge >= 0.3 is 6.18 Å². The van der Waals surface area contributed by atoms with Crippen molar-refractivity contribution in [2.75, 3.05) is 18.3 Å². The lowest BCUT2D eigenvalue weighted by atomic mass is 9.87. The number of hydrogen-bond acceptors (Lipinski definition) is 7. The van der Waals surface area contributed by atoms with E-state index in [-0.39, 0.29) is 16.4 Å². The van der Waals surface area contributed by atoms with Crippen molar-refractivity contribution in [3.63, 3.8) is 0 Å². The Morgan fingerprint density at radius 2 is 1.52 bits per heavy atom. The van der Waals surface area contributed by atoms with Crippen LogP contribution < -0.4 is 16.4 Å². The number of carbonyl (C=O) groups excluding carboxylic acids is 1. The molecule has 2 aromatic carbocycles. The van der Waals surface area contributed by atoms with Gasteiger partial charge in [-0.3, -0.25) is 10.1 Å². The summed E-state index contributed by atoms with van der Waals surface area (Å²) in [5.41, 5.74) is 2.54. The molecule has 8 nitrogen and oxygen atoms in total. The van der Waals surface area contributed by atoms with Gasteiger partial charge < -0.3 is 11.1 Å². The standard InChI is InChI=1S/C27H30F3N3O5S2/c1-39(35,36)17-23(24(34)33-25(31)15-16-25)32-26(27(28,29)30,14-13-18-3-4-18)21-9-5-19(6-10-21)20-7-11-22(12-8-20)40(2,37)38/h5-12,18,23,32H,3-4,15-17,31H2,1-2H3,(H,33,34)/t23-,26-/m0/s1. The van der Waals surface area contributed by atoms with Gasteiger partial charge in [0.2, 0.25) is 11.4 Å². The molecule has 0 spiro atoms. The fourth-order valence-corrected chi connectivity index (χ4v) is 5.56. The van der Waals surface area contributed by atoms with E-state index in [1.54, 1.807) is 12.1 Å². The maximum Gasteiger partial charge on any atom is 0.422 e. The van der Waals surface area contributed by atoms with Gasteiger partial charge in [0.05, 0.1) is 16.3 Å². The number of nitrogens with two attached hydrogens (primary N) is 1. The lowest BCUT2D eigenvalue weighted by Crippen LogP contribution is -2.63. The predicted octanol–water partition coefficient (Wildman–Crippen LogP) is 2.50. The SMILES string of the molecule is CS(=O)(=O)C[C@H](N[C@@](C#CC1CC1)(c1ccc(-c2ccc(S(C)(=O)=O)cc2)cc1)C(F)(F)F)C(=O)NC1(N)CC1. The molecule has 0 saturated heterocycles. The zero-order valence-electron chi connectivity index (χ0n) is 21.9. The summed E-state index contributed by atoms with van der Waals surface area (Å²) in [4.78, 5) is 13.1. The van der Waals surface area contributed by atoms with E-state index in [1.165, 1.54) is 36.4 Å². The number of rotatable bonds is 9. The molecule has 1 amide bonds. The van der Waals surface area contributed by atoms with Gasteiger partial charge in [-0.05, 0) is 54.5 Å². The highest BCUT2D eigenvalue weighted by Gasteiger charge is 2.57. The van der Waals surface area contributed by atoms with E-state index in [2.05, 4.69) is 22.5 Å². The Kier molecular flexibility index (Phi) is 7.87. The summed E-state index contributed by atoms with van der Waals surface area (Å²) in [6.07, 6.45) is -1.02. The number of halogens is 3. The number of amides is 1. The largest absolute Gasteiger partial charge is 0.422 e. The van der Waals surface area contributed by atoms with Gasteiger partial charge in [-0.2, -0.15) is 13.2 Å². The maximum atomic E-state index is 15.0. The van der Waals surface area contributed by atoms with Gasteiger partial charge in [-0.15, -0.1) is 0 Å². The summed E-state index contributed by atoms with van der Waals surface area (Å²) in [7, 11) is -7.33. The highest BCUT2D eigenvalue weighted by molar-refractivity contribution is 7.91. The van der Waals surface area contributed by atoms with Crippen LogP contribution in [0.3, 0.4) is 0 Å². The third kappa shape index (κ3) is 7.23. The zero-order chi connectivity index (χ0) is 29.6. The smallest absolute Gasteiger partial charge is 0.337 e. The second kappa shape index (κ2) is 10.5. The van der Waals surface area contributed by atoms with Crippen molar-refractivity contribution in [3.8, 4) is 23.0 Å². The minimum atomic E-state index is -5.05. The fourth-order valence-electron chi connectivity index (χ4n) is 4.09. The first kappa shape index (κ1) is 30.0. The van der Waals surface area contributed by atoms with E-state index < -0.39 is 54.8 Å². The van der Waals surface area contributed by atoms with Crippen molar-refractivity contribution in [1.29, 1.82) is 0 Å². The first-order valence-corrected chi connectivity index (χ1v) is 16.4. The molecular formula is C27H30F3N3O5S2. The van der Waals surface area contributed by atoms with E-state index in [9.17, 15) is 34.8 Å². The first-order valence-electron chi connectivity index (χ1n) is 12.5. The number of nitrogens with one attached hydrogen (secondary N) is 2. The number of alkyl halides is 3. The first-order chi connectivity index (χ1) is 18.4. The van der Waals surface area contributed by atoms with Crippen molar-refractivity contribution in [2.45, 2.75) is 54.0 Å². The molecule has 216 valence electrons. The molecular weight excluding hydrogens is 567 g/mol. The molecule has 13 heteroatoms. The summed E-state index contributed by atoms with van der Waals surface area (Å²) in [6.45, 7) is 0. The molecule has 2 saturated carbocycles. The Morgan fingerprint density at radius 3 is 1.95 bits per heavy atom. The fraction of sp³-hybridized carbons (Fsp3) is 0.444. The Morgan fingerprint density at radius 1 is 1.00 bits per heavy atom. The highest BCUT2D eigenvalue weighted by Crippen LogP contribution is 2.41. The van der Waals surface area contributed by atoms with Crippen molar-refractivity contribution < 1.29 is 34.8 Å². The van der Waals surface area contributed by atoms with Crippen LogP contribution in [0.5, 0.6) is 0 Å². The maximum absolute atomic E-state index is 15.0. The van der Waals surface area contributed by atoms with Crippen LogP contribution in [0.25, 0.3) is 11.1 Å². The minimum absolute atomic E-state index is 0.101. The van der Waals surface area contributed by atoms with Gasteiger partial charge in [0.25, 0.3) is 0 Å². The van der Waals surface area contributed by atoms with Gasteiger partial charge in [0, 0.05) is 18.4 Å². The number of hydrogen-bond donors (Lipinski definition) is 3. The molecule has 2 fully saturated rings. The second-order valence-electron chi connectivity index (χ2n) is 10.6. The molecule has 4 rings (SSSR count). The monoisotopic (exact) mass is 597 g/mol. The molecule has 2 aromatic rings. The molecule has 2 aliphatic rings. The molecule has 40 heavy (non-hydrogen) atoms. The number of benzene rings is 2. The lowest BCUT2D eigenvalue weighted by Gasteiger charge is -2.36. The van der Waals surface area contributed by atoms with Crippen LogP contribution in [0, 0.1) is 17.8 Å². The molecule has 2 atom stereocenters. The van der Waals surface area contributed by atoms with E-state index in [1.807, 2.05) is 0 Å². The molecule has 0 unspecified atom stereocenters. The molecule has 0 aromatic heterocycles. The highest BCUT2D eigenvalue weighted by atomic mass is 32.2. The number of carbonyl (C=O) groups is 1. The van der Waals surface area contributed by atoms with Crippen LogP contribution in [0.2, 0.25) is 0 Å². The summed E-state index contributed by atoms with van der Waals surface area (Å²) in [6, 6.07) is 9.37. The van der Waals surface area contributed by atoms with Crippen molar-refractivity contribution >= 4 is 25.6 Å². The second-order valence-corrected chi connectivity index (χ2v) is 14.8. The van der Waals surface area contributed by atoms with E-state index >= 15 is 0 Å². The van der Waals surface area contributed by atoms with Crippen LogP contribution in [-0.4, -0.2) is 58.9 Å². The summed E-state index contributed by atoms with van der Waals surface area (Å²) < 4.78 is 92.8. The topological polar surface area (TPSA) is 135 Å². The quantitative estimate of drug-likeness (QED) is 0.299. The van der Waals surface area contributed by atoms with Crippen LogP contribution in [0.4, 0.5) is 13.2 Å². The summed E-state index contributed by atoms with van der Waals surface area (Å²) >= 11 is 0. The van der Waals surface area contributed by atoms with Gasteiger partial charge in [0.1, 0.15) is 15.9 Å². The van der Waals surface area contributed by atoms with E-state index in [4.69, 9.17) is 5.73 Å². The van der Waals surface area contributed by atoms with Crippen LogP contribution >= 0.6 is 0 Å². The van der Waals surface area contributed by atoms with Crippen LogP contribution in [-0.2, 0) is 30.0 Å². The van der Waals surface area contributed by atoms with Gasteiger partial charge in [-0.25, -0.2) is 16.8 Å². The van der Waals surface area contributed by atoms with Crippen LogP contribution in [0.1, 0.15) is 31.2 Å². The third-order valence-electron chi connectivity index (χ3n) is 6.74. The summed E-state index contributed by atoms with van der Waals surface area (Å²) in [5, 5.41) is 4.74. The Balaban J connectivity index is 1.76. The Hall–Kier alpha value is -2.92. The summed E-state index contributed by atoms with van der Waals surface area (Å²) in [5.74, 6) is 2.88. The van der Waals surface area contributed by atoms with Crippen molar-refractivity contribution in [1.82, 2.24) is 10.6 Å². The molecule has 0 aliphatic heterocycles. The molecule has 2 aliphatic carbocycles. The molecule has 0 bridgehead atoms. The van der Waals surface area contributed by atoms with Crippen molar-refractivity contribution in [3.05, 3.63) is 54.1 Å². The Labute approximate surface area is 231 Å². The van der Waals surface area contributed by atoms with Crippen molar-refractivity contribution in [2.24, 2.45) is 11.7 Å². The minimum Gasteiger partial charge on any atom is -0.337 e. The molecule has 0 heterocycles. The predicted molar refractivity (Wildman–Crippen MR) is 144 cm³/mol. The molecule has 0 radical (unpaired) electrons. The lowest BCUT2D eigenvalue weighted by molar-refractivity contribution is -0.184. The third-order valence-corrected chi connectivity index (χ3v) is 8.80. The average Bonchev–Trinajstić information content (AvgIpc) is 3.78. The Bertz CT molecular complexity index is 1550. The average molecular weight is 598 g/mol. The van der Waals surface area contributed by atoms with Crippen LogP contribution in [0.15, 0.2) is 53.4 Å². The normalized spacial score (nSPS) is 19.1. The van der Waals surface area contributed by atoms with E-state index in [0.717, 1.165) is 12.5 Å². The number of sulfone groups is 2. The van der Waals surface area contributed by atoms with Gasteiger partial charge in [-0.1, -0.05) is 48.2 Å². The van der Waals surface area contributed by atoms with E-state index in [0.29, 0.717) is 36.8 Å². The van der Waals surface area contributed by atoms with Gasteiger partial charge in [0.15, 0.2) is 9.84 Å².